The standard InChI is InChI=1S/C10H11NO3/c1-6(12)7-3-4-8-9(5-7)14-10(13)11(8)2/h3-6,12H,1-2H3/t6-/m1/s1. The predicted octanol–water partition coefficient (Wildman–Crippen LogP) is 1.18. The highest BCUT2D eigenvalue weighted by molar-refractivity contribution is 5.73. The number of aryl methyl sites for hydroxylation is 1. The van der Waals surface area contributed by atoms with Crippen LogP contribution < -0.4 is 5.76 Å². The zero-order chi connectivity index (χ0) is 10.3. The lowest BCUT2D eigenvalue weighted by molar-refractivity contribution is 0.199. The maximum Gasteiger partial charge on any atom is 0.419 e. The summed E-state index contributed by atoms with van der Waals surface area (Å²) >= 11 is 0. The maximum absolute atomic E-state index is 11.2. The van der Waals surface area contributed by atoms with Gasteiger partial charge < -0.3 is 9.52 Å². The molecule has 2 aromatic rings. The van der Waals surface area contributed by atoms with Crippen LogP contribution in [0.4, 0.5) is 0 Å². The van der Waals surface area contributed by atoms with Crippen LogP contribution in [0.2, 0.25) is 0 Å². The molecule has 0 aliphatic carbocycles. The molecule has 1 aromatic heterocycles. The van der Waals surface area contributed by atoms with Gasteiger partial charge in [0.05, 0.1) is 11.6 Å². The molecule has 0 radical (unpaired) electrons. The minimum Gasteiger partial charge on any atom is -0.408 e. The molecule has 4 heteroatoms. The molecule has 0 fully saturated rings. The lowest BCUT2D eigenvalue weighted by atomic mass is 10.1. The van der Waals surface area contributed by atoms with Crippen molar-refractivity contribution < 1.29 is 9.52 Å². The van der Waals surface area contributed by atoms with Gasteiger partial charge in [-0.2, -0.15) is 0 Å². The fraction of sp³-hybridized carbons (Fsp3) is 0.300. The lowest BCUT2D eigenvalue weighted by Crippen LogP contribution is -2.08. The van der Waals surface area contributed by atoms with E-state index >= 15 is 0 Å². The summed E-state index contributed by atoms with van der Waals surface area (Å²) in [6.45, 7) is 1.67. The van der Waals surface area contributed by atoms with Crippen molar-refractivity contribution in [1.82, 2.24) is 4.57 Å². The molecule has 0 saturated heterocycles. The van der Waals surface area contributed by atoms with Crippen LogP contribution in [0.3, 0.4) is 0 Å². The van der Waals surface area contributed by atoms with E-state index in [1.54, 1.807) is 32.2 Å². The van der Waals surface area contributed by atoms with E-state index in [0.717, 1.165) is 11.1 Å². The number of oxazole rings is 1. The van der Waals surface area contributed by atoms with Crippen molar-refractivity contribution in [2.24, 2.45) is 7.05 Å². The van der Waals surface area contributed by atoms with E-state index in [9.17, 15) is 9.90 Å². The fourth-order valence-electron chi connectivity index (χ4n) is 1.41. The first-order chi connectivity index (χ1) is 6.59. The lowest BCUT2D eigenvalue weighted by Gasteiger charge is -2.02. The van der Waals surface area contributed by atoms with E-state index in [4.69, 9.17) is 4.42 Å². The third-order valence-electron chi connectivity index (χ3n) is 2.30. The second-order valence-electron chi connectivity index (χ2n) is 3.33. The van der Waals surface area contributed by atoms with E-state index in [2.05, 4.69) is 0 Å². The summed E-state index contributed by atoms with van der Waals surface area (Å²) in [6, 6.07) is 5.23. The minimum absolute atomic E-state index is 0.386. The van der Waals surface area contributed by atoms with E-state index in [1.165, 1.54) is 4.57 Å². The Balaban J connectivity index is 2.73. The van der Waals surface area contributed by atoms with Gasteiger partial charge in [-0.25, -0.2) is 4.79 Å². The average Bonchev–Trinajstić information content (AvgIpc) is 2.42. The number of aromatic nitrogens is 1. The van der Waals surface area contributed by atoms with E-state index < -0.39 is 6.10 Å². The van der Waals surface area contributed by atoms with Crippen molar-refractivity contribution in [3.05, 3.63) is 34.3 Å². The summed E-state index contributed by atoms with van der Waals surface area (Å²) in [5.41, 5.74) is 1.99. The van der Waals surface area contributed by atoms with Crippen LogP contribution in [0.5, 0.6) is 0 Å². The minimum atomic E-state index is -0.551. The van der Waals surface area contributed by atoms with Gasteiger partial charge in [0.2, 0.25) is 0 Å². The van der Waals surface area contributed by atoms with Gasteiger partial charge in [0.1, 0.15) is 0 Å². The second-order valence-corrected chi connectivity index (χ2v) is 3.33. The van der Waals surface area contributed by atoms with Crippen molar-refractivity contribution in [2.75, 3.05) is 0 Å². The first kappa shape index (κ1) is 9.02. The Bertz CT molecular complexity index is 522. The van der Waals surface area contributed by atoms with Crippen molar-refractivity contribution in [3.8, 4) is 0 Å². The highest BCUT2D eigenvalue weighted by Gasteiger charge is 2.08. The largest absolute Gasteiger partial charge is 0.419 e. The van der Waals surface area contributed by atoms with Gasteiger partial charge in [0.25, 0.3) is 0 Å². The molecule has 0 aliphatic rings. The molecule has 0 amide bonds. The molecule has 0 unspecified atom stereocenters. The average molecular weight is 193 g/mol. The third-order valence-corrected chi connectivity index (χ3v) is 2.30. The van der Waals surface area contributed by atoms with Gasteiger partial charge in [-0.05, 0) is 24.6 Å². The molecule has 1 atom stereocenters. The molecule has 14 heavy (non-hydrogen) atoms. The first-order valence-electron chi connectivity index (χ1n) is 4.37. The van der Waals surface area contributed by atoms with E-state index in [-0.39, 0.29) is 5.76 Å². The van der Waals surface area contributed by atoms with Crippen LogP contribution >= 0.6 is 0 Å². The summed E-state index contributed by atoms with van der Waals surface area (Å²) < 4.78 is 6.42. The van der Waals surface area contributed by atoms with Gasteiger partial charge in [-0.15, -0.1) is 0 Å². The smallest absolute Gasteiger partial charge is 0.408 e. The predicted molar refractivity (Wildman–Crippen MR) is 52.1 cm³/mol. The molecule has 74 valence electrons. The van der Waals surface area contributed by atoms with Gasteiger partial charge in [-0.1, -0.05) is 6.07 Å². The Morgan fingerprint density at radius 2 is 2.21 bits per heavy atom. The Morgan fingerprint density at radius 3 is 2.86 bits per heavy atom. The number of rotatable bonds is 1. The molecule has 2 rings (SSSR count). The van der Waals surface area contributed by atoms with Crippen LogP contribution in [0.15, 0.2) is 27.4 Å². The van der Waals surface area contributed by atoms with Gasteiger partial charge >= 0.3 is 5.76 Å². The number of nitrogens with zero attached hydrogens (tertiary/aromatic N) is 1. The summed E-state index contributed by atoms with van der Waals surface area (Å²) in [4.78, 5) is 11.2. The van der Waals surface area contributed by atoms with Crippen LogP contribution in [0.25, 0.3) is 11.1 Å². The molecule has 0 bridgehead atoms. The Morgan fingerprint density at radius 1 is 1.50 bits per heavy atom. The maximum atomic E-state index is 11.2. The van der Waals surface area contributed by atoms with Crippen molar-refractivity contribution in [2.45, 2.75) is 13.0 Å². The number of aliphatic hydroxyl groups is 1. The third kappa shape index (κ3) is 1.24. The normalized spacial score (nSPS) is 13.4. The highest BCUT2D eigenvalue weighted by atomic mass is 16.4. The van der Waals surface area contributed by atoms with E-state index in [0.29, 0.717) is 5.58 Å². The topological polar surface area (TPSA) is 55.4 Å². The molecular formula is C10H11NO3. The second kappa shape index (κ2) is 2.99. The van der Waals surface area contributed by atoms with Crippen LogP contribution in [-0.4, -0.2) is 9.67 Å². The quantitative estimate of drug-likeness (QED) is 0.740. The number of aliphatic hydroxyl groups excluding tert-OH is 1. The molecule has 1 aromatic carbocycles. The molecule has 0 saturated carbocycles. The Kier molecular flexibility index (Phi) is 1.93. The van der Waals surface area contributed by atoms with Crippen LogP contribution in [-0.2, 0) is 7.05 Å². The highest BCUT2D eigenvalue weighted by Crippen LogP contribution is 2.18. The zero-order valence-electron chi connectivity index (χ0n) is 8.02. The Hall–Kier alpha value is -1.55. The number of fused-ring (bicyclic) bond motifs is 1. The van der Waals surface area contributed by atoms with Crippen LogP contribution in [0, 0.1) is 0 Å². The molecular weight excluding hydrogens is 182 g/mol. The van der Waals surface area contributed by atoms with Gasteiger partial charge in [0, 0.05) is 7.05 Å². The fourth-order valence-corrected chi connectivity index (χ4v) is 1.41. The molecule has 1 heterocycles. The van der Waals surface area contributed by atoms with E-state index in [1.807, 2.05) is 0 Å². The van der Waals surface area contributed by atoms with Gasteiger partial charge in [-0.3, -0.25) is 4.57 Å². The summed E-state index contributed by atoms with van der Waals surface area (Å²) in [5.74, 6) is -0.386. The number of hydrogen-bond donors (Lipinski definition) is 1. The van der Waals surface area contributed by atoms with Gasteiger partial charge in [0.15, 0.2) is 5.58 Å². The molecule has 0 aliphatic heterocycles. The zero-order valence-corrected chi connectivity index (χ0v) is 8.02. The Labute approximate surface area is 80.4 Å². The van der Waals surface area contributed by atoms with Crippen molar-refractivity contribution in [1.29, 1.82) is 0 Å². The van der Waals surface area contributed by atoms with Crippen molar-refractivity contribution >= 4 is 11.1 Å². The first-order valence-corrected chi connectivity index (χ1v) is 4.37. The SMILES string of the molecule is C[C@@H](O)c1ccc2c(c1)oc(=O)n2C. The summed E-state index contributed by atoms with van der Waals surface area (Å²) in [6.07, 6.45) is -0.551. The van der Waals surface area contributed by atoms with Crippen LogP contribution in [0.1, 0.15) is 18.6 Å². The molecule has 1 N–H and O–H groups in total. The monoisotopic (exact) mass is 193 g/mol. The van der Waals surface area contributed by atoms with Crippen molar-refractivity contribution in [3.63, 3.8) is 0 Å². The molecule has 4 nitrogen and oxygen atoms in total. The molecule has 0 spiro atoms. The summed E-state index contributed by atoms with van der Waals surface area (Å²) in [7, 11) is 1.65. The number of hydrogen-bond acceptors (Lipinski definition) is 3. The number of benzene rings is 1. The summed E-state index contributed by atoms with van der Waals surface area (Å²) in [5, 5.41) is 9.33.